The normalized spacial score (nSPS) is 20.6. The van der Waals surface area contributed by atoms with Gasteiger partial charge in [0.2, 0.25) is 0 Å². The molecule has 14 heavy (non-hydrogen) atoms. The molecule has 1 N–H and O–H groups in total. The summed E-state index contributed by atoms with van der Waals surface area (Å²) in [5.74, 6) is 2.65. The van der Waals surface area contributed by atoms with Gasteiger partial charge in [0, 0.05) is 13.0 Å². The highest BCUT2D eigenvalue weighted by molar-refractivity contribution is 5.80. The summed E-state index contributed by atoms with van der Waals surface area (Å²) >= 11 is 0. The smallest absolute Gasteiger partial charge is 0.146 e. The zero-order chi connectivity index (χ0) is 10.2. The van der Waals surface area contributed by atoms with E-state index < -0.39 is 0 Å². The third kappa shape index (κ3) is 4.40. The molecule has 3 heteroatoms. The minimum Gasteiger partial charge on any atom is -0.378 e. The summed E-state index contributed by atoms with van der Waals surface area (Å²) < 4.78 is 5.42. The fourth-order valence-electron chi connectivity index (χ4n) is 1.56. The van der Waals surface area contributed by atoms with Crippen molar-refractivity contribution in [3.63, 3.8) is 0 Å². The Balaban J connectivity index is 2.00. The maximum Gasteiger partial charge on any atom is 0.146 e. The fourth-order valence-corrected chi connectivity index (χ4v) is 1.56. The number of ether oxygens (including phenoxy) is 1. The van der Waals surface area contributed by atoms with Crippen LogP contribution in [0.3, 0.4) is 0 Å². The largest absolute Gasteiger partial charge is 0.378 e. The molecule has 0 aromatic rings. The molecule has 0 aliphatic carbocycles. The fraction of sp³-hybridized carbons (Fsp3) is 0.727. The molecule has 1 unspecified atom stereocenters. The van der Waals surface area contributed by atoms with E-state index >= 15 is 0 Å². The van der Waals surface area contributed by atoms with Crippen molar-refractivity contribution in [3.05, 3.63) is 0 Å². The summed E-state index contributed by atoms with van der Waals surface area (Å²) in [6, 6.07) is 0. The Morgan fingerprint density at radius 1 is 1.64 bits per heavy atom. The maximum atomic E-state index is 11.3. The number of hydrogen-bond donors (Lipinski definition) is 1. The van der Waals surface area contributed by atoms with Crippen LogP contribution in [0.25, 0.3) is 0 Å². The molecule has 0 aromatic carbocycles. The van der Waals surface area contributed by atoms with E-state index in [2.05, 4.69) is 11.2 Å². The molecule has 0 aromatic heterocycles. The SMILES string of the molecule is C#CCNCC(=O)CCC1CCCO1. The number of rotatable bonds is 6. The molecule has 0 radical (unpaired) electrons. The monoisotopic (exact) mass is 195 g/mol. The van der Waals surface area contributed by atoms with Gasteiger partial charge in [-0.15, -0.1) is 6.42 Å². The molecule has 78 valence electrons. The van der Waals surface area contributed by atoms with Crippen LogP contribution in [0.1, 0.15) is 25.7 Å². The summed E-state index contributed by atoms with van der Waals surface area (Å²) in [6.07, 6.45) is 9.05. The van der Waals surface area contributed by atoms with Gasteiger partial charge in [-0.3, -0.25) is 10.1 Å². The van der Waals surface area contributed by atoms with Crippen LogP contribution in [0.4, 0.5) is 0 Å². The molecular formula is C11H17NO2. The van der Waals surface area contributed by atoms with E-state index in [1.807, 2.05) is 0 Å². The highest BCUT2D eigenvalue weighted by Crippen LogP contribution is 2.16. The van der Waals surface area contributed by atoms with Crippen LogP contribution in [0.2, 0.25) is 0 Å². The molecule has 1 atom stereocenters. The summed E-state index contributed by atoms with van der Waals surface area (Å²) in [5.41, 5.74) is 0. The molecule has 1 aliphatic rings. The van der Waals surface area contributed by atoms with Gasteiger partial charge < -0.3 is 4.74 Å². The Hall–Kier alpha value is -0.850. The summed E-state index contributed by atoms with van der Waals surface area (Å²) in [5, 5.41) is 2.88. The van der Waals surface area contributed by atoms with Gasteiger partial charge in [-0.25, -0.2) is 0 Å². The van der Waals surface area contributed by atoms with E-state index in [-0.39, 0.29) is 5.78 Å². The Morgan fingerprint density at radius 3 is 3.14 bits per heavy atom. The second kappa shape index (κ2) is 6.58. The van der Waals surface area contributed by atoms with Crippen LogP contribution in [0.5, 0.6) is 0 Å². The number of carbonyl (C=O) groups is 1. The third-order valence-corrected chi connectivity index (χ3v) is 2.32. The highest BCUT2D eigenvalue weighted by Gasteiger charge is 2.16. The number of carbonyl (C=O) groups excluding carboxylic acids is 1. The second-order valence-corrected chi connectivity index (χ2v) is 3.52. The molecule has 0 saturated carbocycles. The van der Waals surface area contributed by atoms with Crippen LogP contribution in [-0.4, -0.2) is 31.6 Å². The highest BCUT2D eigenvalue weighted by atomic mass is 16.5. The molecule has 0 spiro atoms. The van der Waals surface area contributed by atoms with Crippen LogP contribution < -0.4 is 5.32 Å². The Kier molecular flexibility index (Phi) is 5.28. The molecule has 3 nitrogen and oxygen atoms in total. The lowest BCUT2D eigenvalue weighted by Gasteiger charge is -2.07. The lowest BCUT2D eigenvalue weighted by Crippen LogP contribution is -2.23. The van der Waals surface area contributed by atoms with Gasteiger partial charge in [-0.05, 0) is 19.3 Å². The summed E-state index contributed by atoms with van der Waals surface area (Å²) in [6.45, 7) is 1.71. The topological polar surface area (TPSA) is 38.3 Å². The first-order valence-electron chi connectivity index (χ1n) is 5.10. The number of Topliss-reactive ketones (excluding diaryl/α,β-unsaturated/α-hetero) is 1. The van der Waals surface area contributed by atoms with E-state index in [0.717, 1.165) is 25.9 Å². The van der Waals surface area contributed by atoms with E-state index in [0.29, 0.717) is 25.6 Å². The van der Waals surface area contributed by atoms with Gasteiger partial charge >= 0.3 is 0 Å². The van der Waals surface area contributed by atoms with Crippen LogP contribution in [-0.2, 0) is 9.53 Å². The van der Waals surface area contributed by atoms with Crippen molar-refractivity contribution in [2.45, 2.75) is 31.8 Å². The van der Waals surface area contributed by atoms with Crippen molar-refractivity contribution < 1.29 is 9.53 Å². The average molecular weight is 195 g/mol. The average Bonchev–Trinajstić information content (AvgIpc) is 2.68. The Bertz CT molecular complexity index is 214. The minimum absolute atomic E-state index is 0.218. The maximum absolute atomic E-state index is 11.3. The zero-order valence-electron chi connectivity index (χ0n) is 8.42. The van der Waals surface area contributed by atoms with Crippen molar-refractivity contribution in [2.24, 2.45) is 0 Å². The molecule has 0 bridgehead atoms. The molecular weight excluding hydrogens is 178 g/mol. The number of nitrogens with one attached hydrogen (secondary N) is 1. The predicted octanol–water partition coefficient (Wildman–Crippen LogP) is 0.737. The lowest BCUT2D eigenvalue weighted by atomic mass is 10.1. The molecule has 1 rings (SSSR count). The van der Waals surface area contributed by atoms with E-state index in [9.17, 15) is 4.79 Å². The first kappa shape index (κ1) is 11.2. The Labute approximate surface area is 85.2 Å². The van der Waals surface area contributed by atoms with Crippen molar-refractivity contribution in [2.75, 3.05) is 19.7 Å². The van der Waals surface area contributed by atoms with Crippen LogP contribution in [0, 0.1) is 12.3 Å². The van der Waals surface area contributed by atoms with Crippen LogP contribution in [0.15, 0.2) is 0 Å². The first-order valence-corrected chi connectivity index (χ1v) is 5.10. The molecule has 0 amide bonds. The Morgan fingerprint density at radius 2 is 2.50 bits per heavy atom. The third-order valence-electron chi connectivity index (χ3n) is 2.32. The van der Waals surface area contributed by atoms with Crippen molar-refractivity contribution in [1.29, 1.82) is 0 Å². The summed E-state index contributed by atoms with van der Waals surface area (Å²) in [4.78, 5) is 11.3. The molecule has 1 fully saturated rings. The van der Waals surface area contributed by atoms with E-state index in [1.165, 1.54) is 0 Å². The van der Waals surface area contributed by atoms with Gasteiger partial charge in [0.1, 0.15) is 5.78 Å². The van der Waals surface area contributed by atoms with Gasteiger partial charge in [-0.2, -0.15) is 0 Å². The van der Waals surface area contributed by atoms with Gasteiger partial charge in [-0.1, -0.05) is 5.92 Å². The quantitative estimate of drug-likeness (QED) is 0.502. The van der Waals surface area contributed by atoms with E-state index in [4.69, 9.17) is 11.2 Å². The molecule has 1 heterocycles. The van der Waals surface area contributed by atoms with Gasteiger partial charge in [0.15, 0.2) is 0 Å². The molecule has 1 aliphatic heterocycles. The van der Waals surface area contributed by atoms with Crippen molar-refractivity contribution in [1.82, 2.24) is 5.32 Å². The standard InChI is InChI=1S/C11H17NO2/c1-2-7-12-9-10(13)5-6-11-4-3-8-14-11/h1,11-12H,3-9H2. The second-order valence-electron chi connectivity index (χ2n) is 3.52. The van der Waals surface area contributed by atoms with Crippen molar-refractivity contribution in [3.8, 4) is 12.3 Å². The number of hydrogen-bond acceptors (Lipinski definition) is 3. The summed E-state index contributed by atoms with van der Waals surface area (Å²) in [7, 11) is 0. The first-order chi connectivity index (χ1) is 6.83. The zero-order valence-corrected chi connectivity index (χ0v) is 8.42. The number of terminal acetylenes is 1. The predicted molar refractivity (Wildman–Crippen MR) is 54.9 cm³/mol. The lowest BCUT2D eigenvalue weighted by molar-refractivity contribution is -0.118. The van der Waals surface area contributed by atoms with Crippen LogP contribution >= 0.6 is 0 Å². The van der Waals surface area contributed by atoms with Gasteiger partial charge in [0.05, 0.1) is 19.2 Å². The minimum atomic E-state index is 0.218. The van der Waals surface area contributed by atoms with E-state index in [1.54, 1.807) is 0 Å². The molecule has 1 saturated heterocycles. The van der Waals surface area contributed by atoms with Crippen molar-refractivity contribution >= 4 is 5.78 Å². The number of ketones is 1. The van der Waals surface area contributed by atoms with Gasteiger partial charge in [0.25, 0.3) is 0 Å².